The number of aliphatic hydroxyl groups excluding tert-OH is 1. The Morgan fingerprint density at radius 1 is 1.08 bits per heavy atom. The number of nitrogens with zero attached hydrogens (tertiary/aromatic N) is 5. The van der Waals surface area contributed by atoms with Crippen molar-refractivity contribution in [3.63, 3.8) is 0 Å². The van der Waals surface area contributed by atoms with Crippen LogP contribution >= 0.6 is 0 Å². The van der Waals surface area contributed by atoms with Gasteiger partial charge < -0.3 is 14.6 Å². The van der Waals surface area contributed by atoms with E-state index >= 15 is 0 Å². The first kappa shape index (κ1) is 17.4. The van der Waals surface area contributed by atoms with Crippen LogP contribution in [0.2, 0.25) is 0 Å². The molecule has 0 bridgehead atoms. The molecule has 2 aliphatic rings. The standard InChI is InChI=1S/C17H29N5O2/c1-20-15(12-21-8-4-2-3-5-9-21)18-19-17(20)14-6-10-22(11-7-14)16(24)13-23/h14,23H,2-13H2,1H3. The largest absolute Gasteiger partial charge is 0.387 e. The summed E-state index contributed by atoms with van der Waals surface area (Å²) >= 11 is 0. The lowest BCUT2D eigenvalue weighted by Crippen LogP contribution is -2.39. The van der Waals surface area contributed by atoms with Gasteiger partial charge in [0.25, 0.3) is 0 Å². The molecule has 24 heavy (non-hydrogen) atoms. The van der Waals surface area contributed by atoms with E-state index in [0.29, 0.717) is 19.0 Å². The van der Waals surface area contributed by atoms with E-state index in [1.165, 1.54) is 25.7 Å². The van der Waals surface area contributed by atoms with Gasteiger partial charge in [0.05, 0.1) is 6.54 Å². The molecule has 0 saturated carbocycles. The van der Waals surface area contributed by atoms with Crippen molar-refractivity contribution in [1.29, 1.82) is 0 Å². The van der Waals surface area contributed by atoms with Crippen LogP contribution in [0.4, 0.5) is 0 Å². The van der Waals surface area contributed by atoms with E-state index < -0.39 is 6.61 Å². The third-order valence-corrected chi connectivity index (χ3v) is 5.41. The number of carbonyl (C=O) groups excluding carboxylic acids is 1. The zero-order valence-electron chi connectivity index (χ0n) is 14.7. The summed E-state index contributed by atoms with van der Waals surface area (Å²) in [6, 6.07) is 0. The highest BCUT2D eigenvalue weighted by molar-refractivity contribution is 5.77. The second-order valence-electron chi connectivity index (χ2n) is 7.04. The molecule has 134 valence electrons. The van der Waals surface area contributed by atoms with Gasteiger partial charge in [0.2, 0.25) is 5.91 Å². The van der Waals surface area contributed by atoms with Crippen molar-refractivity contribution >= 4 is 5.91 Å². The molecule has 3 heterocycles. The van der Waals surface area contributed by atoms with Crippen molar-refractivity contribution < 1.29 is 9.90 Å². The SMILES string of the molecule is Cn1c(CN2CCCCCC2)nnc1C1CCN(C(=O)CO)CC1. The van der Waals surface area contributed by atoms with Gasteiger partial charge in [-0.2, -0.15) is 0 Å². The summed E-state index contributed by atoms with van der Waals surface area (Å²) in [5, 5.41) is 17.9. The maximum atomic E-state index is 11.6. The molecule has 0 radical (unpaired) electrons. The van der Waals surface area contributed by atoms with Gasteiger partial charge in [0.15, 0.2) is 0 Å². The Kier molecular flexibility index (Phi) is 5.84. The van der Waals surface area contributed by atoms with Crippen molar-refractivity contribution in [3.05, 3.63) is 11.6 Å². The molecule has 1 aromatic rings. The van der Waals surface area contributed by atoms with Crippen molar-refractivity contribution in [2.75, 3.05) is 32.8 Å². The van der Waals surface area contributed by atoms with E-state index in [-0.39, 0.29) is 5.91 Å². The molecule has 2 fully saturated rings. The number of amides is 1. The van der Waals surface area contributed by atoms with E-state index in [4.69, 9.17) is 5.11 Å². The average Bonchev–Trinajstić information content (AvgIpc) is 2.81. The highest BCUT2D eigenvalue weighted by atomic mass is 16.3. The lowest BCUT2D eigenvalue weighted by atomic mass is 9.96. The maximum absolute atomic E-state index is 11.6. The van der Waals surface area contributed by atoms with Crippen molar-refractivity contribution in [1.82, 2.24) is 24.6 Å². The molecule has 1 amide bonds. The molecule has 2 saturated heterocycles. The van der Waals surface area contributed by atoms with Crippen molar-refractivity contribution in [2.24, 2.45) is 7.05 Å². The number of piperidine rings is 1. The predicted molar refractivity (Wildman–Crippen MR) is 90.4 cm³/mol. The molecule has 0 atom stereocenters. The van der Waals surface area contributed by atoms with Crippen LogP contribution in [0.25, 0.3) is 0 Å². The molecule has 7 heteroatoms. The zero-order chi connectivity index (χ0) is 16.9. The van der Waals surface area contributed by atoms with Crippen LogP contribution in [-0.2, 0) is 18.4 Å². The number of likely N-dealkylation sites (tertiary alicyclic amines) is 2. The van der Waals surface area contributed by atoms with Gasteiger partial charge in [0, 0.05) is 26.1 Å². The summed E-state index contributed by atoms with van der Waals surface area (Å²) in [5.41, 5.74) is 0. The van der Waals surface area contributed by atoms with Crippen LogP contribution in [0.15, 0.2) is 0 Å². The minimum atomic E-state index is -0.394. The summed E-state index contributed by atoms with van der Waals surface area (Å²) < 4.78 is 2.15. The Balaban J connectivity index is 1.59. The van der Waals surface area contributed by atoms with E-state index in [1.54, 1.807) is 4.90 Å². The minimum Gasteiger partial charge on any atom is -0.387 e. The third-order valence-electron chi connectivity index (χ3n) is 5.41. The van der Waals surface area contributed by atoms with Crippen molar-refractivity contribution in [2.45, 2.75) is 51.0 Å². The first-order valence-electron chi connectivity index (χ1n) is 9.18. The summed E-state index contributed by atoms with van der Waals surface area (Å²) in [4.78, 5) is 15.8. The lowest BCUT2D eigenvalue weighted by Gasteiger charge is -2.31. The molecular weight excluding hydrogens is 306 g/mol. The van der Waals surface area contributed by atoms with E-state index in [2.05, 4.69) is 26.7 Å². The first-order valence-corrected chi connectivity index (χ1v) is 9.18. The molecule has 7 nitrogen and oxygen atoms in total. The number of hydrogen-bond acceptors (Lipinski definition) is 5. The molecule has 1 N–H and O–H groups in total. The first-order chi connectivity index (χ1) is 11.7. The van der Waals surface area contributed by atoms with Crippen LogP contribution in [0.1, 0.15) is 56.1 Å². The Morgan fingerprint density at radius 2 is 1.75 bits per heavy atom. The lowest BCUT2D eigenvalue weighted by molar-refractivity contribution is -0.135. The highest BCUT2D eigenvalue weighted by Crippen LogP contribution is 2.27. The van der Waals surface area contributed by atoms with Crippen LogP contribution in [0.3, 0.4) is 0 Å². The summed E-state index contributed by atoms with van der Waals surface area (Å²) in [5.74, 6) is 2.26. The number of aromatic nitrogens is 3. The quantitative estimate of drug-likeness (QED) is 0.884. The molecule has 3 rings (SSSR count). The number of rotatable bonds is 4. The fourth-order valence-corrected chi connectivity index (χ4v) is 3.85. The van der Waals surface area contributed by atoms with Gasteiger partial charge in [-0.25, -0.2) is 0 Å². The van der Waals surface area contributed by atoms with E-state index in [9.17, 15) is 4.79 Å². The second-order valence-corrected chi connectivity index (χ2v) is 7.04. The van der Waals surface area contributed by atoms with Gasteiger partial charge in [0.1, 0.15) is 18.3 Å². The van der Waals surface area contributed by atoms with Crippen molar-refractivity contribution in [3.8, 4) is 0 Å². The van der Waals surface area contributed by atoms with E-state index in [0.717, 1.165) is 44.1 Å². The fourth-order valence-electron chi connectivity index (χ4n) is 3.85. The maximum Gasteiger partial charge on any atom is 0.248 e. The molecule has 0 aromatic carbocycles. The number of carbonyl (C=O) groups is 1. The number of aliphatic hydroxyl groups is 1. The Bertz CT molecular complexity index is 543. The highest BCUT2D eigenvalue weighted by Gasteiger charge is 2.27. The topological polar surface area (TPSA) is 74.5 Å². The van der Waals surface area contributed by atoms with Crippen LogP contribution in [0, 0.1) is 0 Å². The van der Waals surface area contributed by atoms with Gasteiger partial charge in [-0.15, -0.1) is 10.2 Å². The molecule has 0 unspecified atom stereocenters. The van der Waals surface area contributed by atoms with Gasteiger partial charge >= 0.3 is 0 Å². The van der Waals surface area contributed by atoms with E-state index in [1.807, 2.05) is 0 Å². The summed E-state index contributed by atoms with van der Waals surface area (Å²) in [7, 11) is 2.06. The van der Waals surface area contributed by atoms with Gasteiger partial charge in [-0.05, 0) is 38.8 Å². The zero-order valence-corrected chi connectivity index (χ0v) is 14.7. The van der Waals surface area contributed by atoms with Crippen LogP contribution in [0.5, 0.6) is 0 Å². The Hall–Kier alpha value is -1.47. The van der Waals surface area contributed by atoms with Crippen LogP contribution < -0.4 is 0 Å². The monoisotopic (exact) mass is 335 g/mol. The summed E-state index contributed by atoms with van der Waals surface area (Å²) in [6.07, 6.45) is 7.02. The fraction of sp³-hybridized carbons (Fsp3) is 0.824. The molecule has 0 aliphatic carbocycles. The Labute approximate surface area is 143 Å². The smallest absolute Gasteiger partial charge is 0.248 e. The normalized spacial score (nSPS) is 21.0. The van der Waals surface area contributed by atoms with Gasteiger partial charge in [-0.1, -0.05) is 12.8 Å². The van der Waals surface area contributed by atoms with Crippen LogP contribution in [-0.4, -0.2) is 68.4 Å². The summed E-state index contributed by atoms with van der Waals surface area (Å²) in [6.45, 7) is 4.18. The number of hydrogen-bond donors (Lipinski definition) is 1. The molecule has 0 spiro atoms. The molecular formula is C17H29N5O2. The average molecular weight is 335 g/mol. The minimum absolute atomic E-state index is 0.173. The molecule has 1 aromatic heterocycles. The van der Waals surface area contributed by atoms with Gasteiger partial charge in [-0.3, -0.25) is 9.69 Å². The second kappa shape index (κ2) is 8.07. The molecule has 2 aliphatic heterocycles. The predicted octanol–water partition coefficient (Wildman–Crippen LogP) is 0.889. The Morgan fingerprint density at radius 3 is 2.38 bits per heavy atom. The third kappa shape index (κ3) is 3.95.